The predicted octanol–water partition coefficient (Wildman–Crippen LogP) is 4.96. The molecule has 0 atom stereocenters. The average Bonchev–Trinajstić information content (AvgIpc) is 3.00. The van der Waals surface area contributed by atoms with Crippen molar-refractivity contribution in [1.29, 1.82) is 0 Å². The predicted molar refractivity (Wildman–Crippen MR) is 89.7 cm³/mol. The molecular weight excluding hydrogens is 323 g/mol. The van der Waals surface area contributed by atoms with Crippen LogP contribution in [0, 0.1) is 0 Å². The molecule has 23 heavy (non-hydrogen) atoms. The molecular formula is C16H14F3N3S. The van der Waals surface area contributed by atoms with Crippen LogP contribution < -0.4 is 5.32 Å². The van der Waals surface area contributed by atoms with Crippen molar-refractivity contribution in [2.45, 2.75) is 6.18 Å². The summed E-state index contributed by atoms with van der Waals surface area (Å²) in [6.45, 7) is 7.12. The molecule has 0 unspecified atom stereocenters. The molecule has 0 amide bonds. The lowest BCUT2D eigenvalue weighted by molar-refractivity contribution is -0.137. The summed E-state index contributed by atoms with van der Waals surface area (Å²) < 4.78 is 39.7. The smallest absolute Gasteiger partial charge is 0.365 e. The SMILES string of the molecule is C=C/C(=C(\N=C)c1ccccc1C(F)(F)F)c1cnc(NC)s1. The van der Waals surface area contributed by atoms with E-state index < -0.39 is 11.7 Å². The summed E-state index contributed by atoms with van der Waals surface area (Å²) in [5.74, 6) is 0. The van der Waals surface area contributed by atoms with Gasteiger partial charge in [-0.1, -0.05) is 42.2 Å². The van der Waals surface area contributed by atoms with Crippen LogP contribution in [-0.2, 0) is 6.18 Å². The lowest BCUT2D eigenvalue weighted by Crippen LogP contribution is -2.08. The van der Waals surface area contributed by atoms with Crippen molar-refractivity contribution >= 4 is 34.5 Å². The van der Waals surface area contributed by atoms with Gasteiger partial charge < -0.3 is 5.32 Å². The quantitative estimate of drug-likeness (QED) is 0.618. The molecule has 1 heterocycles. The van der Waals surface area contributed by atoms with E-state index in [1.165, 1.54) is 35.6 Å². The average molecular weight is 337 g/mol. The number of benzene rings is 1. The Kier molecular flexibility index (Phi) is 5.00. The van der Waals surface area contributed by atoms with Crippen molar-refractivity contribution < 1.29 is 13.2 Å². The minimum absolute atomic E-state index is 0.0377. The molecule has 1 aromatic carbocycles. The van der Waals surface area contributed by atoms with Crippen molar-refractivity contribution in [1.82, 2.24) is 4.98 Å². The number of rotatable bonds is 5. The minimum Gasteiger partial charge on any atom is -0.365 e. The number of aromatic nitrogens is 1. The van der Waals surface area contributed by atoms with Gasteiger partial charge in [-0.3, -0.25) is 4.99 Å². The van der Waals surface area contributed by atoms with E-state index in [1.807, 2.05) is 0 Å². The fourth-order valence-electron chi connectivity index (χ4n) is 2.08. The Morgan fingerprint density at radius 2 is 2.04 bits per heavy atom. The van der Waals surface area contributed by atoms with E-state index in [4.69, 9.17) is 0 Å². The first kappa shape index (κ1) is 17.0. The minimum atomic E-state index is -4.48. The number of alkyl halides is 3. The van der Waals surface area contributed by atoms with Gasteiger partial charge >= 0.3 is 6.18 Å². The molecule has 0 aliphatic carbocycles. The lowest BCUT2D eigenvalue weighted by Gasteiger charge is -2.14. The van der Waals surface area contributed by atoms with E-state index in [1.54, 1.807) is 13.2 Å². The van der Waals surface area contributed by atoms with Gasteiger partial charge in [0.2, 0.25) is 0 Å². The highest BCUT2D eigenvalue weighted by atomic mass is 32.1. The van der Waals surface area contributed by atoms with Crippen LogP contribution in [-0.4, -0.2) is 18.7 Å². The van der Waals surface area contributed by atoms with Gasteiger partial charge in [-0.25, -0.2) is 4.98 Å². The molecule has 0 saturated carbocycles. The third-order valence-corrected chi connectivity index (χ3v) is 4.14. The molecule has 0 spiro atoms. The fourth-order valence-corrected chi connectivity index (χ4v) is 2.89. The maximum Gasteiger partial charge on any atom is 0.417 e. The van der Waals surface area contributed by atoms with E-state index in [-0.39, 0.29) is 11.3 Å². The Hall–Kier alpha value is -2.41. The molecule has 0 saturated heterocycles. The first-order valence-corrected chi connectivity index (χ1v) is 7.38. The molecule has 0 aliphatic heterocycles. The topological polar surface area (TPSA) is 37.3 Å². The Labute approximate surface area is 135 Å². The molecule has 0 aliphatic rings. The van der Waals surface area contributed by atoms with E-state index >= 15 is 0 Å². The van der Waals surface area contributed by atoms with Gasteiger partial charge in [0.05, 0.1) is 16.1 Å². The van der Waals surface area contributed by atoms with Crippen LogP contribution in [0.3, 0.4) is 0 Å². The van der Waals surface area contributed by atoms with Crippen LogP contribution in [0.15, 0.2) is 48.1 Å². The Morgan fingerprint density at radius 3 is 2.57 bits per heavy atom. The zero-order chi connectivity index (χ0) is 17.0. The summed E-state index contributed by atoms with van der Waals surface area (Å²) >= 11 is 1.30. The molecule has 120 valence electrons. The lowest BCUT2D eigenvalue weighted by atomic mass is 10.00. The number of hydrogen-bond acceptors (Lipinski definition) is 4. The summed E-state index contributed by atoms with van der Waals surface area (Å²) in [5.41, 5.74) is -0.223. The van der Waals surface area contributed by atoms with Gasteiger partial charge in [0.1, 0.15) is 0 Å². The summed E-state index contributed by atoms with van der Waals surface area (Å²) in [4.78, 5) is 8.61. The van der Waals surface area contributed by atoms with E-state index in [0.29, 0.717) is 15.6 Å². The highest BCUT2D eigenvalue weighted by Crippen LogP contribution is 2.39. The second kappa shape index (κ2) is 6.78. The van der Waals surface area contributed by atoms with Gasteiger partial charge in [0.25, 0.3) is 0 Å². The number of anilines is 1. The van der Waals surface area contributed by atoms with Crippen LogP contribution in [0.2, 0.25) is 0 Å². The number of halogens is 3. The van der Waals surface area contributed by atoms with Crippen LogP contribution in [0.1, 0.15) is 16.0 Å². The van der Waals surface area contributed by atoms with Crippen LogP contribution in [0.25, 0.3) is 11.3 Å². The molecule has 7 heteroatoms. The normalized spacial score (nSPS) is 12.5. The number of allylic oxidation sites excluding steroid dienone is 2. The second-order valence-electron chi connectivity index (χ2n) is 4.45. The van der Waals surface area contributed by atoms with Crippen molar-refractivity contribution in [2.75, 3.05) is 12.4 Å². The zero-order valence-corrected chi connectivity index (χ0v) is 13.1. The summed E-state index contributed by atoms with van der Waals surface area (Å²) in [7, 11) is 1.71. The van der Waals surface area contributed by atoms with Crippen LogP contribution in [0.5, 0.6) is 0 Å². The number of nitrogens with one attached hydrogen (secondary N) is 1. The Morgan fingerprint density at radius 1 is 1.35 bits per heavy atom. The number of nitrogens with zero attached hydrogens (tertiary/aromatic N) is 2. The molecule has 2 rings (SSSR count). The maximum atomic E-state index is 13.2. The monoisotopic (exact) mass is 337 g/mol. The summed E-state index contributed by atoms with van der Waals surface area (Å²) in [6.07, 6.45) is -1.46. The van der Waals surface area contributed by atoms with E-state index in [0.717, 1.165) is 6.07 Å². The number of thiazole rings is 1. The molecule has 0 fully saturated rings. The molecule has 1 aromatic heterocycles. The van der Waals surface area contributed by atoms with Crippen molar-refractivity contribution in [3.8, 4) is 0 Å². The zero-order valence-electron chi connectivity index (χ0n) is 12.3. The fraction of sp³-hybridized carbons (Fsp3) is 0.125. The maximum absolute atomic E-state index is 13.2. The van der Waals surface area contributed by atoms with Crippen molar-refractivity contribution in [2.24, 2.45) is 4.99 Å². The third kappa shape index (κ3) is 3.50. The van der Waals surface area contributed by atoms with E-state index in [9.17, 15) is 13.2 Å². The molecule has 2 aromatic rings. The molecule has 0 bridgehead atoms. The van der Waals surface area contributed by atoms with Gasteiger partial charge in [0.15, 0.2) is 5.13 Å². The van der Waals surface area contributed by atoms with Gasteiger partial charge in [-0.15, -0.1) is 0 Å². The highest BCUT2D eigenvalue weighted by molar-refractivity contribution is 7.16. The standard InChI is InChI=1S/C16H14F3N3S/c1-4-10(13-9-22-15(21-3)23-13)14(20-2)11-7-5-6-8-12(11)16(17,18)19/h4-9H,1-2H2,3H3,(H,21,22)/b14-10+. The van der Waals surface area contributed by atoms with Gasteiger partial charge in [0, 0.05) is 24.4 Å². The number of aliphatic imine (C=N–C) groups is 1. The van der Waals surface area contributed by atoms with Crippen LogP contribution >= 0.6 is 11.3 Å². The second-order valence-corrected chi connectivity index (χ2v) is 5.48. The van der Waals surface area contributed by atoms with Crippen LogP contribution in [0.4, 0.5) is 18.3 Å². The Balaban J connectivity index is 2.70. The largest absolute Gasteiger partial charge is 0.417 e. The van der Waals surface area contributed by atoms with Crippen molar-refractivity contribution in [3.63, 3.8) is 0 Å². The number of hydrogen-bond donors (Lipinski definition) is 1. The molecule has 0 radical (unpaired) electrons. The Bertz CT molecular complexity index is 760. The summed E-state index contributed by atoms with van der Waals surface area (Å²) in [6, 6.07) is 5.26. The van der Waals surface area contributed by atoms with Gasteiger partial charge in [-0.05, 0) is 12.8 Å². The molecule has 1 N–H and O–H groups in total. The van der Waals surface area contributed by atoms with E-state index in [2.05, 4.69) is 28.6 Å². The highest BCUT2D eigenvalue weighted by Gasteiger charge is 2.34. The third-order valence-electron chi connectivity index (χ3n) is 3.09. The van der Waals surface area contributed by atoms with Gasteiger partial charge in [-0.2, -0.15) is 13.2 Å². The summed E-state index contributed by atoms with van der Waals surface area (Å²) in [5, 5.41) is 3.53. The first-order valence-electron chi connectivity index (χ1n) is 6.56. The first-order chi connectivity index (χ1) is 10.9. The van der Waals surface area contributed by atoms with Crippen molar-refractivity contribution in [3.05, 3.63) is 59.1 Å². The molecule has 3 nitrogen and oxygen atoms in total.